The van der Waals surface area contributed by atoms with Crippen molar-refractivity contribution in [3.63, 3.8) is 0 Å². The van der Waals surface area contributed by atoms with Gasteiger partial charge in [-0.05, 0) is 18.6 Å². The van der Waals surface area contributed by atoms with E-state index in [1.807, 2.05) is 20.8 Å². The molecule has 7 heteroatoms. The number of thiazole rings is 1. The molecule has 0 unspecified atom stereocenters. The number of anilines is 2. The van der Waals surface area contributed by atoms with Gasteiger partial charge in [-0.25, -0.2) is 9.37 Å². The highest BCUT2D eigenvalue weighted by atomic mass is 32.1. The molecule has 3 rings (SSSR count). The second kappa shape index (κ2) is 6.55. The number of hydrogen-bond acceptors (Lipinski definition) is 4. The third kappa shape index (κ3) is 3.71. The van der Waals surface area contributed by atoms with Crippen molar-refractivity contribution in [3.8, 4) is 0 Å². The molecule has 1 N–H and O–H groups in total. The van der Waals surface area contributed by atoms with Crippen molar-refractivity contribution in [2.75, 3.05) is 16.8 Å². The number of aromatic nitrogens is 1. The molecule has 5 nitrogen and oxygen atoms in total. The van der Waals surface area contributed by atoms with Crippen molar-refractivity contribution in [3.05, 3.63) is 40.7 Å². The Hall–Kier alpha value is -2.28. The van der Waals surface area contributed by atoms with Crippen LogP contribution in [-0.2, 0) is 22.4 Å². The summed E-state index contributed by atoms with van der Waals surface area (Å²) in [6.07, 6.45) is 0.648. The number of halogens is 1. The van der Waals surface area contributed by atoms with E-state index in [-0.39, 0.29) is 24.1 Å². The number of nitrogens with one attached hydrogen (secondary N) is 1. The molecule has 1 aromatic heterocycles. The molecule has 132 valence electrons. The molecular weight excluding hydrogens is 341 g/mol. The van der Waals surface area contributed by atoms with Crippen LogP contribution in [0.25, 0.3) is 0 Å². The number of hydrogen-bond donors (Lipinski definition) is 1. The fourth-order valence-corrected chi connectivity index (χ4v) is 3.34. The van der Waals surface area contributed by atoms with E-state index in [9.17, 15) is 14.0 Å². The molecule has 0 bridgehead atoms. The van der Waals surface area contributed by atoms with Crippen molar-refractivity contribution in [1.29, 1.82) is 0 Å². The highest BCUT2D eigenvalue weighted by Gasteiger charge is 2.27. The zero-order chi connectivity index (χ0) is 18.2. The molecule has 1 aliphatic heterocycles. The van der Waals surface area contributed by atoms with Crippen molar-refractivity contribution in [1.82, 2.24) is 4.98 Å². The third-order valence-corrected chi connectivity index (χ3v) is 4.86. The van der Waals surface area contributed by atoms with Crippen LogP contribution in [0.5, 0.6) is 0 Å². The zero-order valence-electron chi connectivity index (χ0n) is 14.4. The Balaban J connectivity index is 1.68. The molecule has 2 heterocycles. The summed E-state index contributed by atoms with van der Waals surface area (Å²) in [6, 6.07) is 4.79. The van der Waals surface area contributed by atoms with Gasteiger partial charge >= 0.3 is 0 Å². The maximum absolute atomic E-state index is 13.8. The number of carbonyl (C=O) groups is 2. The first kappa shape index (κ1) is 17.5. The number of rotatable bonds is 3. The van der Waals surface area contributed by atoms with Crippen molar-refractivity contribution >= 4 is 34.0 Å². The summed E-state index contributed by atoms with van der Waals surface area (Å²) in [5, 5.41) is 5.01. The lowest BCUT2D eigenvalue weighted by Crippen LogP contribution is -2.30. The van der Waals surface area contributed by atoms with E-state index in [0.29, 0.717) is 35.0 Å². The van der Waals surface area contributed by atoms with Crippen LogP contribution in [-0.4, -0.2) is 23.3 Å². The van der Waals surface area contributed by atoms with Gasteiger partial charge in [0.2, 0.25) is 11.8 Å². The van der Waals surface area contributed by atoms with Gasteiger partial charge in [-0.2, -0.15) is 0 Å². The number of carbonyl (C=O) groups excluding carboxylic acids is 2. The largest absolute Gasteiger partial charge is 0.311 e. The minimum atomic E-state index is -0.509. The predicted molar refractivity (Wildman–Crippen MR) is 96.4 cm³/mol. The van der Waals surface area contributed by atoms with E-state index < -0.39 is 5.41 Å². The summed E-state index contributed by atoms with van der Waals surface area (Å²) >= 11 is 1.29. The van der Waals surface area contributed by atoms with Crippen LogP contribution in [0.15, 0.2) is 23.6 Å². The number of nitrogens with zero attached hydrogens (tertiary/aromatic N) is 2. The lowest BCUT2D eigenvalue weighted by Gasteiger charge is -2.17. The molecular formula is C18H20FN3O2S. The van der Waals surface area contributed by atoms with Crippen LogP contribution in [0, 0.1) is 11.2 Å². The monoisotopic (exact) mass is 361 g/mol. The van der Waals surface area contributed by atoms with Crippen LogP contribution < -0.4 is 10.2 Å². The highest BCUT2D eigenvalue weighted by Crippen LogP contribution is 2.30. The number of amides is 2. The molecule has 0 saturated heterocycles. The van der Waals surface area contributed by atoms with E-state index in [2.05, 4.69) is 10.3 Å². The smallest absolute Gasteiger partial charge is 0.233 e. The molecule has 0 fully saturated rings. The molecule has 0 saturated carbocycles. The van der Waals surface area contributed by atoms with Crippen LogP contribution >= 0.6 is 11.3 Å². The van der Waals surface area contributed by atoms with Crippen molar-refractivity contribution in [2.24, 2.45) is 5.41 Å². The lowest BCUT2D eigenvalue weighted by molar-refractivity contribution is -0.123. The first-order chi connectivity index (χ1) is 11.8. The Morgan fingerprint density at radius 3 is 2.84 bits per heavy atom. The second-order valence-electron chi connectivity index (χ2n) is 7.06. The van der Waals surface area contributed by atoms with E-state index in [1.165, 1.54) is 17.4 Å². The number of benzene rings is 1. The average molecular weight is 361 g/mol. The Morgan fingerprint density at radius 1 is 1.36 bits per heavy atom. The Kier molecular flexibility index (Phi) is 4.60. The van der Waals surface area contributed by atoms with Crippen molar-refractivity contribution in [2.45, 2.75) is 33.6 Å². The van der Waals surface area contributed by atoms with E-state index in [1.54, 1.807) is 22.4 Å². The lowest BCUT2D eigenvalue weighted by atomic mass is 9.96. The summed E-state index contributed by atoms with van der Waals surface area (Å²) in [5.41, 5.74) is 1.32. The summed E-state index contributed by atoms with van der Waals surface area (Å²) in [4.78, 5) is 30.5. The van der Waals surface area contributed by atoms with Gasteiger partial charge in [-0.3, -0.25) is 9.59 Å². The Labute approximate surface area is 149 Å². The Morgan fingerprint density at radius 2 is 2.12 bits per heavy atom. The minimum Gasteiger partial charge on any atom is -0.311 e. The van der Waals surface area contributed by atoms with Gasteiger partial charge < -0.3 is 10.2 Å². The second-order valence-corrected chi connectivity index (χ2v) is 7.92. The van der Waals surface area contributed by atoms with Gasteiger partial charge in [0.15, 0.2) is 5.13 Å². The maximum atomic E-state index is 13.8. The van der Waals surface area contributed by atoms with Crippen LogP contribution in [0.1, 0.15) is 32.0 Å². The molecule has 0 atom stereocenters. The fourth-order valence-electron chi connectivity index (χ4n) is 2.63. The van der Waals surface area contributed by atoms with Gasteiger partial charge in [-0.1, -0.05) is 26.8 Å². The van der Waals surface area contributed by atoms with Crippen LogP contribution in [0.2, 0.25) is 0 Å². The average Bonchev–Trinajstić information content (AvgIpc) is 3.14. The summed E-state index contributed by atoms with van der Waals surface area (Å²) in [7, 11) is 0. The molecule has 2 aromatic rings. The summed E-state index contributed by atoms with van der Waals surface area (Å²) < 4.78 is 13.8. The van der Waals surface area contributed by atoms with E-state index in [0.717, 1.165) is 0 Å². The normalized spacial score (nSPS) is 13.7. The van der Waals surface area contributed by atoms with Gasteiger partial charge in [0.05, 0.1) is 12.1 Å². The van der Waals surface area contributed by atoms with Crippen LogP contribution in [0.3, 0.4) is 0 Å². The fraction of sp³-hybridized carbons (Fsp3) is 0.389. The molecule has 25 heavy (non-hydrogen) atoms. The zero-order valence-corrected chi connectivity index (χ0v) is 15.2. The standard InChI is InChI=1S/C18H20FN3O2S/c1-18(2,3)16(24)21-17-20-11(10-25-17)9-15(23)22-8-7-12-13(19)5-4-6-14(12)22/h4-6,10H,7-9H2,1-3H3,(H,20,21,24). The third-order valence-electron chi connectivity index (χ3n) is 4.06. The molecule has 2 amide bonds. The van der Waals surface area contributed by atoms with Crippen LogP contribution in [0.4, 0.5) is 15.2 Å². The quantitative estimate of drug-likeness (QED) is 0.911. The predicted octanol–water partition coefficient (Wildman–Crippen LogP) is 3.40. The molecule has 0 radical (unpaired) electrons. The summed E-state index contributed by atoms with van der Waals surface area (Å²) in [6.45, 7) is 5.95. The molecule has 0 spiro atoms. The molecule has 1 aliphatic rings. The first-order valence-electron chi connectivity index (χ1n) is 8.09. The van der Waals surface area contributed by atoms with Gasteiger partial charge in [0.1, 0.15) is 5.82 Å². The van der Waals surface area contributed by atoms with Gasteiger partial charge in [0, 0.05) is 28.6 Å². The van der Waals surface area contributed by atoms with E-state index in [4.69, 9.17) is 0 Å². The number of fused-ring (bicyclic) bond motifs is 1. The van der Waals surface area contributed by atoms with Crippen molar-refractivity contribution < 1.29 is 14.0 Å². The topological polar surface area (TPSA) is 62.3 Å². The minimum absolute atomic E-state index is 0.122. The maximum Gasteiger partial charge on any atom is 0.233 e. The van der Waals surface area contributed by atoms with Gasteiger partial charge in [-0.15, -0.1) is 11.3 Å². The summed E-state index contributed by atoms with van der Waals surface area (Å²) in [5.74, 6) is -0.513. The van der Waals surface area contributed by atoms with E-state index >= 15 is 0 Å². The first-order valence-corrected chi connectivity index (χ1v) is 8.97. The molecule has 1 aromatic carbocycles. The molecule has 0 aliphatic carbocycles. The Bertz CT molecular complexity index is 826. The highest BCUT2D eigenvalue weighted by molar-refractivity contribution is 7.13. The SMILES string of the molecule is CC(C)(C)C(=O)Nc1nc(CC(=O)N2CCc3c(F)cccc32)cs1. The van der Waals surface area contributed by atoms with Gasteiger partial charge in [0.25, 0.3) is 0 Å².